The van der Waals surface area contributed by atoms with E-state index in [1.807, 2.05) is 0 Å². The number of aromatic nitrogens is 2. The molecule has 0 radical (unpaired) electrons. The second kappa shape index (κ2) is 5.38. The fourth-order valence-corrected chi connectivity index (χ4v) is 5.04. The van der Waals surface area contributed by atoms with E-state index in [1.54, 1.807) is 0 Å². The molecular weight excluding hydrogens is 316 g/mol. The van der Waals surface area contributed by atoms with Gasteiger partial charge in [-0.15, -0.1) is 0 Å². The molecule has 0 fully saturated rings. The average molecular weight is 340 g/mol. The van der Waals surface area contributed by atoms with E-state index in [1.165, 1.54) is 54.7 Å². The zero-order valence-corrected chi connectivity index (χ0v) is 15.9. The van der Waals surface area contributed by atoms with E-state index < -0.39 is 0 Å². The van der Waals surface area contributed by atoms with Crippen molar-refractivity contribution in [1.82, 2.24) is 9.13 Å². The monoisotopic (exact) mass is 340 g/mol. The van der Waals surface area contributed by atoms with Crippen molar-refractivity contribution in [3.8, 4) is 0 Å². The molecule has 0 amide bonds. The maximum absolute atomic E-state index is 2.49. The van der Waals surface area contributed by atoms with Crippen LogP contribution in [-0.4, -0.2) is 9.13 Å². The molecule has 5 aromatic rings. The molecule has 130 valence electrons. The molecule has 26 heavy (non-hydrogen) atoms. The van der Waals surface area contributed by atoms with Crippen LogP contribution in [0.15, 0.2) is 48.5 Å². The quantitative estimate of drug-likeness (QED) is 0.344. The molecule has 3 aromatic carbocycles. The van der Waals surface area contributed by atoms with E-state index in [9.17, 15) is 0 Å². The van der Waals surface area contributed by atoms with Crippen molar-refractivity contribution in [3.63, 3.8) is 0 Å². The maximum Gasteiger partial charge on any atom is 0.0531 e. The van der Waals surface area contributed by atoms with Gasteiger partial charge in [0, 0.05) is 45.7 Å². The number of para-hydroxylation sites is 2. The van der Waals surface area contributed by atoms with Crippen LogP contribution < -0.4 is 0 Å². The largest absolute Gasteiger partial charge is 0.341 e. The summed E-state index contributed by atoms with van der Waals surface area (Å²) in [6.07, 6.45) is 0. The molecule has 0 aliphatic heterocycles. The molecule has 0 aliphatic rings. The van der Waals surface area contributed by atoms with E-state index in [4.69, 9.17) is 0 Å². The van der Waals surface area contributed by atoms with Crippen molar-refractivity contribution in [3.05, 3.63) is 59.7 Å². The first-order chi connectivity index (χ1) is 12.7. The Bertz CT molecular complexity index is 1210. The summed E-state index contributed by atoms with van der Waals surface area (Å²) in [5.74, 6) is 0. The van der Waals surface area contributed by atoms with Crippen molar-refractivity contribution in [2.75, 3.05) is 0 Å². The third-order valence-electron chi connectivity index (χ3n) is 6.03. The van der Waals surface area contributed by atoms with Gasteiger partial charge in [-0.1, -0.05) is 36.4 Å². The number of hydrogen-bond acceptors (Lipinski definition) is 0. The Hall–Kier alpha value is -2.74. The lowest BCUT2D eigenvalue weighted by atomic mass is 9.98. The highest BCUT2D eigenvalue weighted by Crippen LogP contribution is 2.42. The van der Waals surface area contributed by atoms with Crippen LogP contribution in [0.25, 0.3) is 43.6 Å². The van der Waals surface area contributed by atoms with Gasteiger partial charge in [0.1, 0.15) is 0 Å². The second-order valence-corrected chi connectivity index (χ2v) is 7.22. The Labute approximate surface area is 153 Å². The number of benzene rings is 3. The van der Waals surface area contributed by atoms with Gasteiger partial charge in [0.25, 0.3) is 0 Å². The molecule has 2 aromatic heterocycles. The van der Waals surface area contributed by atoms with Crippen molar-refractivity contribution < 1.29 is 0 Å². The molecule has 2 heterocycles. The standard InChI is InChI=1S/C24H24N2/c1-5-25-19-13-9-7-11-17(19)21-16(4)24-22(15(3)23(21)25)18-12-8-10-14-20(18)26(24)6-2/h7-14H,5-6H2,1-4H3. The number of fused-ring (bicyclic) bond motifs is 6. The Balaban J connectivity index is 2.19. The lowest BCUT2D eigenvalue weighted by Crippen LogP contribution is -1.98. The SMILES string of the molecule is CCn1c2ccccc2c2c(C)c3c(c(C)c21)c1ccccc1n3CC. The molecule has 2 nitrogen and oxygen atoms in total. The number of nitrogens with zero attached hydrogens (tertiary/aromatic N) is 2. The first-order valence-electron chi connectivity index (χ1n) is 9.60. The molecule has 0 N–H and O–H groups in total. The van der Waals surface area contributed by atoms with E-state index in [0.29, 0.717) is 0 Å². The fourth-order valence-electron chi connectivity index (χ4n) is 5.04. The molecule has 0 atom stereocenters. The molecule has 5 rings (SSSR count). The van der Waals surface area contributed by atoms with Crippen molar-refractivity contribution in [1.29, 1.82) is 0 Å². The first kappa shape index (κ1) is 15.5. The summed E-state index contributed by atoms with van der Waals surface area (Å²) in [5.41, 5.74) is 8.30. The van der Waals surface area contributed by atoms with Crippen LogP contribution in [0.4, 0.5) is 0 Å². The van der Waals surface area contributed by atoms with E-state index >= 15 is 0 Å². The first-order valence-corrected chi connectivity index (χ1v) is 9.60. The van der Waals surface area contributed by atoms with Crippen molar-refractivity contribution in [2.45, 2.75) is 40.8 Å². The highest BCUT2D eigenvalue weighted by molar-refractivity contribution is 6.22. The zero-order valence-electron chi connectivity index (χ0n) is 15.9. The van der Waals surface area contributed by atoms with Gasteiger partial charge in [-0.25, -0.2) is 0 Å². The van der Waals surface area contributed by atoms with Crippen LogP contribution in [0.2, 0.25) is 0 Å². The van der Waals surface area contributed by atoms with E-state index in [-0.39, 0.29) is 0 Å². The van der Waals surface area contributed by atoms with Crippen LogP contribution in [0, 0.1) is 13.8 Å². The second-order valence-electron chi connectivity index (χ2n) is 7.22. The third-order valence-corrected chi connectivity index (χ3v) is 6.03. The molecule has 0 unspecified atom stereocenters. The summed E-state index contributed by atoms with van der Waals surface area (Å²) in [7, 11) is 0. The van der Waals surface area contributed by atoms with Gasteiger partial charge in [-0.3, -0.25) is 0 Å². The number of hydrogen-bond donors (Lipinski definition) is 0. The van der Waals surface area contributed by atoms with Gasteiger partial charge < -0.3 is 9.13 Å². The van der Waals surface area contributed by atoms with Crippen LogP contribution in [0.1, 0.15) is 25.0 Å². The zero-order chi connectivity index (χ0) is 18.0. The normalized spacial score (nSPS) is 12.2. The third kappa shape index (κ3) is 1.72. The molecule has 0 spiro atoms. The summed E-state index contributed by atoms with van der Waals surface area (Å²) in [6.45, 7) is 11.1. The lowest BCUT2D eigenvalue weighted by Gasteiger charge is -2.12. The minimum absolute atomic E-state index is 0.988. The van der Waals surface area contributed by atoms with Crippen molar-refractivity contribution in [2.24, 2.45) is 0 Å². The summed E-state index contributed by atoms with van der Waals surface area (Å²) in [6, 6.07) is 17.7. The maximum atomic E-state index is 2.49. The highest BCUT2D eigenvalue weighted by atomic mass is 15.0. The molecule has 0 saturated carbocycles. The topological polar surface area (TPSA) is 9.86 Å². The van der Waals surface area contributed by atoms with Gasteiger partial charge in [0.2, 0.25) is 0 Å². The van der Waals surface area contributed by atoms with Gasteiger partial charge in [0.05, 0.1) is 11.0 Å². The van der Waals surface area contributed by atoms with E-state index in [0.717, 1.165) is 13.1 Å². The fraction of sp³-hybridized carbons (Fsp3) is 0.250. The summed E-state index contributed by atoms with van der Waals surface area (Å²) < 4.78 is 4.98. The minimum Gasteiger partial charge on any atom is -0.341 e. The Kier molecular flexibility index (Phi) is 3.21. The predicted octanol–water partition coefficient (Wildman–Crippen LogP) is 6.56. The average Bonchev–Trinajstić information content (AvgIpc) is 3.19. The van der Waals surface area contributed by atoms with Gasteiger partial charge in [-0.2, -0.15) is 0 Å². The predicted molar refractivity (Wildman–Crippen MR) is 113 cm³/mol. The molecule has 0 aliphatic carbocycles. The molecule has 0 bridgehead atoms. The smallest absolute Gasteiger partial charge is 0.0531 e. The highest BCUT2D eigenvalue weighted by Gasteiger charge is 2.21. The number of aryl methyl sites for hydroxylation is 4. The van der Waals surface area contributed by atoms with Crippen LogP contribution in [0.3, 0.4) is 0 Å². The van der Waals surface area contributed by atoms with Crippen LogP contribution in [-0.2, 0) is 13.1 Å². The van der Waals surface area contributed by atoms with Gasteiger partial charge in [-0.05, 0) is 51.0 Å². The summed E-state index contributed by atoms with van der Waals surface area (Å²) >= 11 is 0. The van der Waals surface area contributed by atoms with Crippen LogP contribution in [0.5, 0.6) is 0 Å². The molecular formula is C24H24N2. The number of rotatable bonds is 2. The van der Waals surface area contributed by atoms with Crippen molar-refractivity contribution >= 4 is 43.6 Å². The Morgan fingerprint density at radius 2 is 1.00 bits per heavy atom. The van der Waals surface area contributed by atoms with E-state index in [2.05, 4.69) is 85.4 Å². The van der Waals surface area contributed by atoms with Gasteiger partial charge >= 0.3 is 0 Å². The Morgan fingerprint density at radius 1 is 0.615 bits per heavy atom. The Morgan fingerprint density at radius 3 is 1.38 bits per heavy atom. The van der Waals surface area contributed by atoms with Crippen LogP contribution >= 0.6 is 0 Å². The molecule has 2 heteroatoms. The summed E-state index contributed by atoms with van der Waals surface area (Å²) in [5, 5.41) is 5.59. The summed E-state index contributed by atoms with van der Waals surface area (Å²) in [4.78, 5) is 0. The molecule has 0 saturated heterocycles. The minimum atomic E-state index is 0.988. The lowest BCUT2D eigenvalue weighted by molar-refractivity contribution is 0.821. The van der Waals surface area contributed by atoms with Gasteiger partial charge in [0.15, 0.2) is 0 Å².